The van der Waals surface area contributed by atoms with E-state index in [1.807, 2.05) is 45.0 Å². The average molecular weight is 494 g/mol. The van der Waals surface area contributed by atoms with Crippen LogP contribution in [0.4, 0.5) is 5.69 Å². The summed E-state index contributed by atoms with van der Waals surface area (Å²) < 4.78 is 8.61. The number of aryl methyl sites for hydroxylation is 1. The minimum Gasteiger partial charge on any atom is -0.491 e. The SMILES string of the molecule is C=Cc1ccc(Cn2c(=Nc3ccc(OC(C)C)c(C)c3)n(N)c(=O)n(C[C@H](C)C(=O)O)c2=O)cc1. The molecule has 3 aromatic rings. The van der Waals surface area contributed by atoms with Crippen LogP contribution in [0.2, 0.25) is 0 Å². The van der Waals surface area contributed by atoms with Crippen LogP contribution in [0.15, 0.2) is 63.6 Å². The van der Waals surface area contributed by atoms with Crippen molar-refractivity contribution in [2.75, 3.05) is 5.84 Å². The van der Waals surface area contributed by atoms with Crippen molar-refractivity contribution < 1.29 is 14.6 Å². The molecule has 0 aliphatic carbocycles. The fourth-order valence-corrected chi connectivity index (χ4v) is 3.57. The molecule has 0 radical (unpaired) electrons. The summed E-state index contributed by atoms with van der Waals surface area (Å²) in [4.78, 5) is 42.4. The van der Waals surface area contributed by atoms with Crippen molar-refractivity contribution in [3.05, 3.63) is 92.3 Å². The van der Waals surface area contributed by atoms with Gasteiger partial charge < -0.3 is 15.7 Å². The minimum absolute atomic E-state index is 0.00358. The van der Waals surface area contributed by atoms with Gasteiger partial charge in [-0.3, -0.25) is 9.36 Å². The lowest BCUT2D eigenvalue weighted by Crippen LogP contribution is -2.58. The Morgan fingerprint density at radius 3 is 2.33 bits per heavy atom. The van der Waals surface area contributed by atoms with E-state index < -0.39 is 23.3 Å². The highest BCUT2D eigenvalue weighted by Crippen LogP contribution is 2.24. The smallest absolute Gasteiger partial charge is 0.353 e. The number of hydrogen-bond acceptors (Lipinski definition) is 6. The zero-order valence-electron chi connectivity index (χ0n) is 20.8. The number of ether oxygens (including phenoxy) is 1. The van der Waals surface area contributed by atoms with Crippen molar-refractivity contribution in [2.45, 2.75) is 46.9 Å². The second-order valence-electron chi connectivity index (χ2n) is 8.85. The Labute approximate surface area is 208 Å². The second-order valence-corrected chi connectivity index (χ2v) is 8.85. The third-order valence-corrected chi connectivity index (χ3v) is 5.54. The number of carboxylic acids is 1. The maximum Gasteiger partial charge on any atom is 0.353 e. The predicted molar refractivity (Wildman–Crippen MR) is 138 cm³/mol. The molecule has 3 N–H and O–H groups in total. The molecule has 36 heavy (non-hydrogen) atoms. The minimum atomic E-state index is -1.13. The average Bonchev–Trinajstić information content (AvgIpc) is 2.84. The van der Waals surface area contributed by atoms with E-state index in [4.69, 9.17) is 10.6 Å². The Hall–Kier alpha value is -4.34. The fourth-order valence-electron chi connectivity index (χ4n) is 3.57. The van der Waals surface area contributed by atoms with Gasteiger partial charge in [-0.1, -0.05) is 43.8 Å². The first kappa shape index (κ1) is 26.3. The van der Waals surface area contributed by atoms with Crippen LogP contribution in [-0.2, 0) is 17.9 Å². The topological polar surface area (TPSA) is 134 Å². The van der Waals surface area contributed by atoms with E-state index >= 15 is 0 Å². The molecule has 190 valence electrons. The van der Waals surface area contributed by atoms with Crippen LogP contribution in [0.1, 0.15) is 37.5 Å². The number of carbonyl (C=O) groups is 1. The molecule has 0 aliphatic rings. The van der Waals surface area contributed by atoms with E-state index in [9.17, 15) is 19.5 Å². The summed E-state index contributed by atoms with van der Waals surface area (Å²) >= 11 is 0. The second kappa shape index (κ2) is 10.9. The predicted octanol–water partition coefficient (Wildman–Crippen LogP) is 2.27. The molecule has 1 aromatic heterocycles. The summed E-state index contributed by atoms with van der Waals surface area (Å²) in [6.45, 7) is 10.6. The number of aliphatic carboxylic acids is 1. The third-order valence-electron chi connectivity index (χ3n) is 5.54. The molecular weight excluding hydrogens is 462 g/mol. The van der Waals surface area contributed by atoms with Gasteiger partial charge in [0.1, 0.15) is 5.75 Å². The van der Waals surface area contributed by atoms with Crippen molar-refractivity contribution in [1.29, 1.82) is 0 Å². The van der Waals surface area contributed by atoms with Gasteiger partial charge in [-0.05, 0) is 55.7 Å². The quantitative estimate of drug-likeness (QED) is 0.439. The standard InChI is InChI=1S/C26H31N5O5/c1-6-19-7-9-20(10-8-19)15-29-24(28-21-11-12-22(17(4)13-21)36-16(2)3)31(27)26(35)30(25(29)34)14-18(5)23(32)33/h6-13,16,18H,1,14-15,27H2,2-5H3,(H,32,33)/t18-/m0/s1. The molecule has 0 saturated carbocycles. The molecule has 0 fully saturated rings. The van der Waals surface area contributed by atoms with Gasteiger partial charge in [0.25, 0.3) is 0 Å². The first-order valence-electron chi connectivity index (χ1n) is 11.5. The molecule has 0 saturated heterocycles. The van der Waals surface area contributed by atoms with Crippen LogP contribution >= 0.6 is 0 Å². The van der Waals surface area contributed by atoms with Crippen molar-refractivity contribution >= 4 is 17.7 Å². The zero-order valence-corrected chi connectivity index (χ0v) is 20.8. The molecule has 1 atom stereocenters. The molecule has 0 aliphatic heterocycles. The Balaban J connectivity index is 2.23. The lowest BCUT2D eigenvalue weighted by atomic mass is 10.1. The maximum absolute atomic E-state index is 13.4. The molecular formula is C26H31N5O5. The summed E-state index contributed by atoms with van der Waals surface area (Å²) in [7, 11) is 0. The van der Waals surface area contributed by atoms with Crippen LogP contribution in [0.3, 0.4) is 0 Å². The van der Waals surface area contributed by atoms with Crippen molar-refractivity contribution in [2.24, 2.45) is 10.9 Å². The van der Waals surface area contributed by atoms with Crippen LogP contribution in [0, 0.1) is 12.8 Å². The molecule has 3 rings (SSSR count). The third kappa shape index (κ3) is 5.83. The highest BCUT2D eigenvalue weighted by Gasteiger charge is 2.19. The van der Waals surface area contributed by atoms with Gasteiger partial charge in [0.15, 0.2) is 0 Å². The Morgan fingerprint density at radius 1 is 1.11 bits per heavy atom. The van der Waals surface area contributed by atoms with Crippen molar-refractivity contribution in [3.63, 3.8) is 0 Å². The van der Waals surface area contributed by atoms with Crippen molar-refractivity contribution in [1.82, 2.24) is 13.8 Å². The number of carboxylic acid groups (broad SMARTS) is 1. The maximum atomic E-state index is 13.4. The molecule has 10 heteroatoms. The highest BCUT2D eigenvalue weighted by molar-refractivity contribution is 5.69. The van der Waals surface area contributed by atoms with Crippen molar-refractivity contribution in [3.8, 4) is 5.75 Å². The van der Waals surface area contributed by atoms with E-state index in [-0.39, 0.29) is 24.8 Å². The Morgan fingerprint density at radius 2 is 1.78 bits per heavy atom. The van der Waals surface area contributed by atoms with Crippen LogP contribution in [-0.4, -0.2) is 31.0 Å². The van der Waals surface area contributed by atoms with E-state index in [1.54, 1.807) is 24.3 Å². The van der Waals surface area contributed by atoms with Gasteiger partial charge in [-0.15, -0.1) is 0 Å². The summed E-state index contributed by atoms with van der Waals surface area (Å²) in [6.07, 6.45) is 1.70. The monoisotopic (exact) mass is 493 g/mol. The number of rotatable bonds is 9. The molecule has 1 heterocycles. The summed E-state index contributed by atoms with van der Waals surface area (Å²) in [6, 6.07) is 12.6. The van der Waals surface area contributed by atoms with Crippen LogP contribution in [0.5, 0.6) is 5.75 Å². The molecule has 0 amide bonds. The van der Waals surface area contributed by atoms with Gasteiger partial charge >= 0.3 is 17.3 Å². The number of hydrogen-bond donors (Lipinski definition) is 2. The first-order valence-corrected chi connectivity index (χ1v) is 11.5. The normalized spacial score (nSPS) is 12.5. The van der Waals surface area contributed by atoms with Gasteiger partial charge in [0.2, 0.25) is 5.62 Å². The largest absolute Gasteiger partial charge is 0.491 e. The van der Waals surface area contributed by atoms with Gasteiger partial charge in [0.05, 0.1) is 24.3 Å². The van der Waals surface area contributed by atoms with Crippen LogP contribution < -0.4 is 27.6 Å². The lowest BCUT2D eigenvalue weighted by Gasteiger charge is -2.16. The number of nitrogen functional groups attached to an aromatic ring is 1. The molecule has 0 spiro atoms. The Bertz CT molecular complexity index is 1460. The Kier molecular flexibility index (Phi) is 7.98. The summed E-state index contributed by atoms with van der Waals surface area (Å²) in [5.41, 5.74) is 1.31. The molecule has 0 unspecified atom stereocenters. The van der Waals surface area contributed by atoms with E-state index in [2.05, 4.69) is 11.6 Å². The lowest BCUT2D eigenvalue weighted by molar-refractivity contribution is -0.141. The van der Waals surface area contributed by atoms with E-state index in [0.29, 0.717) is 11.4 Å². The molecule has 2 aromatic carbocycles. The number of nitrogens with two attached hydrogens (primary N) is 1. The zero-order chi connectivity index (χ0) is 26.6. The number of nitrogens with zero attached hydrogens (tertiary/aromatic N) is 4. The van der Waals surface area contributed by atoms with Gasteiger partial charge in [-0.25, -0.2) is 19.1 Å². The van der Waals surface area contributed by atoms with Crippen LogP contribution in [0.25, 0.3) is 6.08 Å². The van der Waals surface area contributed by atoms with E-state index in [0.717, 1.165) is 25.9 Å². The number of benzene rings is 2. The summed E-state index contributed by atoms with van der Waals surface area (Å²) in [5.74, 6) is 4.72. The fraction of sp³-hybridized carbons (Fsp3) is 0.308. The van der Waals surface area contributed by atoms with Gasteiger partial charge in [-0.2, -0.15) is 4.68 Å². The highest BCUT2D eigenvalue weighted by atomic mass is 16.5. The molecule has 10 nitrogen and oxygen atoms in total. The summed E-state index contributed by atoms with van der Waals surface area (Å²) in [5, 5.41) is 9.30. The first-order chi connectivity index (χ1) is 17.0. The van der Waals surface area contributed by atoms with Gasteiger partial charge in [0, 0.05) is 6.54 Å². The number of aromatic nitrogens is 3. The molecule has 0 bridgehead atoms. The van der Waals surface area contributed by atoms with E-state index in [1.165, 1.54) is 11.5 Å².